The molecule has 188 valence electrons. The lowest BCUT2D eigenvalue weighted by molar-refractivity contribution is -0.00594. The molecule has 0 radical (unpaired) electrons. The van der Waals surface area contributed by atoms with E-state index >= 15 is 0 Å². The second kappa shape index (κ2) is 21.3. The van der Waals surface area contributed by atoms with Gasteiger partial charge < -0.3 is 36.3 Å². The molecule has 0 atom stereocenters. The minimum atomic E-state index is -3.32. The van der Waals surface area contributed by atoms with Gasteiger partial charge in [-0.15, -0.1) is 0 Å². The Morgan fingerprint density at radius 3 is 1.32 bits per heavy atom. The smallest absolute Gasteiger partial charge is 0.435 e. The highest BCUT2D eigenvalue weighted by atomic mass is 28.4. The maximum atomic E-state index is 11.5. The van der Waals surface area contributed by atoms with Crippen LogP contribution in [-0.2, 0) is 31.0 Å². The van der Waals surface area contributed by atoms with E-state index in [1.807, 2.05) is 27.7 Å². The largest absolute Gasteiger partial charge is 0.752 e. The van der Waals surface area contributed by atoms with Crippen molar-refractivity contribution in [2.45, 2.75) is 68.2 Å². The topological polar surface area (TPSA) is 106 Å². The number of nitrogens with one attached hydrogen (secondary N) is 2. The monoisotopic (exact) mass is 486 g/mol. The summed E-state index contributed by atoms with van der Waals surface area (Å²) in [5.41, 5.74) is 0. The molecule has 0 heterocycles. The van der Waals surface area contributed by atoms with E-state index in [1.54, 1.807) is 20.8 Å². The molecule has 31 heavy (non-hydrogen) atoms. The third-order valence-corrected chi connectivity index (χ3v) is 8.35. The molecule has 0 saturated carbocycles. The molecule has 0 aromatic rings. The van der Waals surface area contributed by atoms with Crippen molar-refractivity contribution in [1.29, 1.82) is 0 Å². The summed E-state index contributed by atoms with van der Waals surface area (Å²) >= 11 is 0. The molecule has 0 bridgehead atoms. The van der Waals surface area contributed by atoms with Crippen LogP contribution >= 0.6 is 0 Å². The van der Waals surface area contributed by atoms with Gasteiger partial charge in [0.1, 0.15) is 0 Å². The van der Waals surface area contributed by atoms with Gasteiger partial charge in [0.25, 0.3) is 0 Å². The van der Waals surface area contributed by atoms with Crippen molar-refractivity contribution >= 4 is 24.1 Å². The lowest BCUT2D eigenvalue weighted by Crippen LogP contribution is -2.59. The van der Waals surface area contributed by atoms with Crippen LogP contribution < -0.4 is 10.3 Å². The second-order valence-corrected chi connectivity index (χ2v) is 10.3. The quantitative estimate of drug-likeness (QED) is 0.282. The normalized spacial score (nSPS) is 11.6. The molecule has 0 aliphatic heterocycles. The lowest BCUT2D eigenvalue weighted by Gasteiger charge is -2.28. The Hall–Kier alpha value is -0.576. The third kappa shape index (κ3) is 15.8. The van der Waals surface area contributed by atoms with Crippen molar-refractivity contribution in [3.05, 3.63) is 0 Å². The summed E-state index contributed by atoms with van der Waals surface area (Å²) in [5, 5.41) is 2.60. The van der Waals surface area contributed by atoms with E-state index in [-0.39, 0.29) is 0 Å². The fourth-order valence-corrected chi connectivity index (χ4v) is 6.29. The molecular formula is C19H46N2O8Si2. The Morgan fingerprint density at radius 2 is 1.00 bits per heavy atom. The average molecular weight is 487 g/mol. The molecule has 0 unspecified atom stereocenters. The number of rotatable bonds is 18. The SMILES string of the molecule is CCCNC(=O)O[Si](OCC)(OCC)OCC.CCCN[Si](OCC)(OCC)OCC. The summed E-state index contributed by atoms with van der Waals surface area (Å²) < 4.78 is 38.1. The van der Waals surface area contributed by atoms with Crippen molar-refractivity contribution < 1.29 is 35.8 Å². The van der Waals surface area contributed by atoms with Gasteiger partial charge in [0.05, 0.1) is 0 Å². The Kier molecular flexibility index (Phi) is 22.4. The lowest BCUT2D eigenvalue weighted by atomic mass is 10.5. The highest BCUT2D eigenvalue weighted by molar-refractivity contribution is 6.57. The Bertz CT molecular complexity index is 388. The molecule has 0 saturated heterocycles. The first kappa shape index (κ1) is 32.6. The van der Waals surface area contributed by atoms with E-state index < -0.39 is 24.1 Å². The summed E-state index contributed by atoms with van der Waals surface area (Å²) in [6.45, 7) is 19.7. The van der Waals surface area contributed by atoms with E-state index in [1.165, 1.54) is 0 Å². The van der Waals surface area contributed by atoms with Gasteiger partial charge in [0.15, 0.2) is 0 Å². The molecule has 0 aliphatic carbocycles. The van der Waals surface area contributed by atoms with Crippen molar-refractivity contribution in [2.24, 2.45) is 0 Å². The first-order chi connectivity index (χ1) is 14.9. The van der Waals surface area contributed by atoms with Crippen LogP contribution in [0.2, 0.25) is 0 Å². The van der Waals surface area contributed by atoms with E-state index in [0.29, 0.717) is 46.2 Å². The van der Waals surface area contributed by atoms with Crippen LogP contribution in [0.4, 0.5) is 4.79 Å². The molecule has 0 spiro atoms. The molecule has 10 nitrogen and oxygen atoms in total. The molecule has 1 amide bonds. The third-order valence-electron chi connectivity index (χ3n) is 3.29. The Balaban J connectivity index is 0. The molecule has 0 rings (SSSR count). The van der Waals surface area contributed by atoms with Crippen LogP contribution in [0.5, 0.6) is 0 Å². The van der Waals surface area contributed by atoms with Gasteiger partial charge in [-0.3, -0.25) is 4.98 Å². The van der Waals surface area contributed by atoms with Crippen LogP contribution in [0.25, 0.3) is 0 Å². The number of hydrogen-bond donors (Lipinski definition) is 2. The minimum absolute atomic E-state index is 0.368. The summed E-state index contributed by atoms with van der Waals surface area (Å²) in [4.78, 5) is 14.8. The van der Waals surface area contributed by atoms with Crippen LogP contribution in [0, 0.1) is 0 Å². The highest BCUT2D eigenvalue weighted by Gasteiger charge is 2.49. The summed E-state index contributed by atoms with van der Waals surface area (Å²) in [5.74, 6) is 0. The maximum absolute atomic E-state index is 11.5. The van der Waals surface area contributed by atoms with Crippen LogP contribution in [0.3, 0.4) is 0 Å². The molecule has 0 aromatic heterocycles. The van der Waals surface area contributed by atoms with Gasteiger partial charge in [-0.05, 0) is 60.9 Å². The van der Waals surface area contributed by atoms with Crippen molar-refractivity contribution in [1.82, 2.24) is 10.3 Å². The zero-order valence-corrected chi connectivity index (χ0v) is 22.8. The second-order valence-electron chi connectivity index (χ2n) is 5.90. The van der Waals surface area contributed by atoms with Gasteiger partial charge in [-0.1, -0.05) is 13.8 Å². The number of amides is 1. The van der Waals surface area contributed by atoms with Crippen LogP contribution in [-0.4, -0.2) is 76.8 Å². The van der Waals surface area contributed by atoms with Gasteiger partial charge >= 0.3 is 24.1 Å². The summed E-state index contributed by atoms with van der Waals surface area (Å²) in [6, 6.07) is 0. The van der Waals surface area contributed by atoms with Crippen LogP contribution in [0.1, 0.15) is 68.2 Å². The number of carbonyl (C=O) groups is 1. The number of carbonyl (C=O) groups excluding carboxylic acids is 1. The van der Waals surface area contributed by atoms with E-state index in [4.69, 9.17) is 31.0 Å². The predicted molar refractivity (Wildman–Crippen MR) is 124 cm³/mol. The molecular weight excluding hydrogens is 440 g/mol. The van der Waals surface area contributed by atoms with Gasteiger partial charge in [-0.25, -0.2) is 4.79 Å². The van der Waals surface area contributed by atoms with Gasteiger partial charge in [0, 0.05) is 46.2 Å². The van der Waals surface area contributed by atoms with E-state index in [9.17, 15) is 4.79 Å². The molecule has 0 aromatic carbocycles. The first-order valence-corrected chi connectivity index (χ1v) is 14.8. The molecule has 12 heteroatoms. The molecule has 2 N–H and O–H groups in total. The standard InChI is InChI=1S/C10H23NO5Si.C9H23NO3Si/c1-5-9-11-10(12)16-17(13-6-2,14-7-3)15-8-4;1-5-9-10-14(11-6-2,12-7-3)13-8-4/h5-9H2,1-4H3,(H,11,12);10H,5-9H2,1-4H3. The van der Waals surface area contributed by atoms with Gasteiger partial charge in [-0.2, -0.15) is 0 Å². The first-order valence-electron chi connectivity index (χ1n) is 11.4. The summed E-state index contributed by atoms with van der Waals surface area (Å²) in [6.07, 6.45) is 1.32. The highest BCUT2D eigenvalue weighted by Crippen LogP contribution is 2.12. The van der Waals surface area contributed by atoms with E-state index in [2.05, 4.69) is 17.2 Å². The van der Waals surface area contributed by atoms with Gasteiger partial charge in [0.2, 0.25) is 0 Å². The van der Waals surface area contributed by atoms with Crippen molar-refractivity contribution in [2.75, 3.05) is 52.7 Å². The maximum Gasteiger partial charge on any atom is 0.752 e. The summed E-state index contributed by atoms with van der Waals surface area (Å²) in [7, 11) is -5.89. The average Bonchev–Trinajstić information content (AvgIpc) is 2.72. The number of hydrogen-bond acceptors (Lipinski definition) is 9. The van der Waals surface area contributed by atoms with E-state index in [0.717, 1.165) is 19.4 Å². The zero-order valence-electron chi connectivity index (χ0n) is 20.8. The fourth-order valence-electron chi connectivity index (χ4n) is 2.25. The molecule has 0 fully saturated rings. The molecule has 0 aliphatic rings. The van der Waals surface area contributed by atoms with Crippen molar-refractivity contribution in [3.8, 4) is 0 Å². The predicted octanol–water partition coefficient (Wildman–Crippen LogP) is 3.20. The zero-order chi connectivity index (χ0) is 24.0. The Morgan fingerprint density at radius 1 is 0.613 bits per heavy atom. The fraction of sp³-hybridized carbons (Fsp3) is 0.947. The minimum Gasteiger partial charge on any atom is -0.435 e. The van der Waals surface area contributed by atoms with Crippen molar-refractivity contribution in [3.63, 3.8) is 0 Å². The Labute approximate surface area is 191 Å². The van der Waals surface area contributed by atoms with Crippen LogP contribution in [0.15, 0.2) is 0 Å².